The molecule has 0 atom stereocenters. The molecule has 0 radical (unpaired) electrons. The van der Waals surface area contributed by atoms with Crippen molar-refractivity contribution >= 4 is 5.69 Å². The minimum Gasteiger partial charge on any atom is -0.372 e. The highest BCUT2D eigenvalue weighted by Crippen LogP contribution is 2.25. The first-order valence-electron chi connectivity index (χ1n) is 6.52. The number of halogens is 1. The van der Waals surface area contributed by atoms with Gasteiger partial charge in [0.2, 0.25) is 0 Å². The van der Waals surface area contributed by atoms with Crippen LogP contribution in [0.4, 0.5) is 10.1 Å². The third-order valence-electron chi connectivity index (χ3n) is 3.34. The summed E-state index contributed by atoms with van der Waals surface area (Å²) in [5.74, 6) is -0.0949. The minimum absolute atomic E-state index is 0.0949. The van der Waals surface area contributed by atoms with Crippen LogP contribution in [0.3, 0.4) is 0 Å². The highest BCUT2D eigenvalue weighted by atomic mass is 19.1. The lowest BCUT2D eigenvalue weighted by Crippen LogP contribution is -2.25. The maximum absolute atomic E-state index is 13.9. The zero-order valence-corrected chi connectivity index (χ0v) is 10.7. The largest absolute Gasteiger partial charge is 0.372 e. The summed E-state index contributed by atoms with van der Waals surface area (Å²) in [6.45, 7) is 6.68. The summed E-state index contributed by atoms with van der Waals surface area (Å²) in [6.07, 6.45) is 2.46. The molecular formula is C14H21FN2. The van der Waals surface area contributed by atoms with Crippen LogP contribution in [0.5, 0.6) is 0 Å². The van der Waals surface area contributed by atoms with Crippen LogP contribution in [0.2, 0.25) is 0 Å². The van der Waals surface area contributed by atoms with Crippen molar-refractivity contribution in [2.45, 2.75) is 39.3 Å². The van der Waals surface area contributed by atoms with Crippen molar-refractivity contribution < 1.29 is 4.39 Å². The zero-order chi connectivity index (χ0) is 12.3. The van der Waals surface area contributed by atoms with Gasteiger partial charge < -0.3 is 10.2 Å². The van der Waals surface area contributed by atoms with Gasteiger partial charge in [-0.05, 0) is 38.8 Å². The molecule has 1 aliphatic carbocycles. The maximum atomic E-state index is 13.9. The van der Waals surface area contributed by atoms with Crippen LogP contribution >= 0.6 is 0 Å². The van der Waals surface area contributed by atoms with E-state index in [0.717, 1.165) is 24.3 Å². The molecule has 1 N–H and O–H groups in total. The van der Waals surface area contributed by atoms with E-state index < -0.39 is 0 Å². The maximum Gasteiger partial charge on any atom is 0.129 e. The van der Waals surface area contributed by atoms with E-state index in [2.05, 4.69) is 24.1 Å². The Bertz CT molecular complexity index is 370. The number of nitrogens with zero attached hydrogens (tertiary/aromatic N) is 1. The van der Waals surface area contributed by atoms with Gasteiger partial charge in [-0.1, -0.05) is 6.07 Å². The first-order chi connectivity index (χ1) is 8.26. The molecule has 0 unspecified atom stereocenters. The predicted molar refractivity (Wildman–Crippen MR) is 69.8 cm³/mol. The van der Waals surface area contributed by atoms with Crippen LogP contribution in [0.15, 0.2) is 18.2 Å². The minimum atomic E-state index is -0.0949. The van der Waals surface area contributed by atoms with Crippen molar-refractivity contribution in [1.29, 1.82) is 0 Å². The van der Waals surface area contributed by atoms with Gasteiger partial charge in [0, 0.05) is 36.9 Å². The Kier molecular flexibility index (Phi) is 4.00. The fourth-order valence-electron chi connectivity index (χ4n) is 2.12. The van der Waals surface area contributed by atoms with E-state index in [9.17, 15) is 4.39 Å². The summed E-state index contributed by atoms with van der Waals surface area (Å²) in [5, 5.41) is 3.39. The number of hydrogen-bond acceptors (Lipinski definition) is 2. The summed E-state index contributed by atoms with van der Waals surface area (Å²) in [4.78, 5) is 2.20. The lowest BCUT2D eigenvalue weighted by atomic mass is 10.1. The highest BCUT2D eigenvalue weighted by molar-refractivity contribution is 5.54. The molecule has 1 aromatic carbocycles. The van der Waals surface area contributed by atoms with E-state index in [1.165, 1.54) is 12.8 Å². The summed E-state index contributed by atoms with van der Waals surface area (Å²) in [7, 11) is 0. The lowest BCUT2D eigenvalue weighted by Gasteiger charge is -2.24. The number of nitrogens with one attached hydrogen (secondary N) is 1. The molecule has 0 spiro atoms. The Labute approximate surface area is 103 Å². The average Bonchev–Trinajstić information content (AvgIpc) is 3.14. The molecule has 0 aliphatic heterocycles. The van der Waals surface area contributed by atoms with Gasteiger partial charge >= 0.3 is 0 Å². The molecular weight excluding hydrogens is 215 g/mol. The number of rotatable bonds is 6. The number of anilines is 1. The Morgan fingerprint density at radius 1 is 1.29 bits per heavy atom. The van der Waals surface area contributed by atoms with Gasteiger partial charge in [-0.25, -0.2) is 4.39 Å². The predicted octanol–water partition coefficient (Wildman–Crippen LogP) is 2.92. The second-order valence-electron chi connectivity index (χ2n) is 4.56. The summed E-state index contributed by atoms with van der Waals surface area (Å²) < 4.78 is 13.9. The molecule has 0 saturated heterocycles. The molecule has 3 heteroatoms. The van der Waals surface area contributed by atoms with Gasteiger partial charge in [0.15, 0.2) is 0 Å². The third kappa shape index (κ3) is 2.97. The molecule has 0 aromatic heterocycles. The van der Waals surface area contributed by atoms with Crippen LogP contribution in [0.1, 0.15) is 32.3 Å². The van der Waals surface area contributed by atoms with E-state index in [1.54, 1.807) is 12.1 Å². The molecule has 1 aromatic rings. The van der Waals surface area contributed by atoms with E-state index in [-0.39, 0.29) is 5.82 Å². The summed E-state index contributed by atoms with van der Waals surface area (Å²) in [6, 6.07) is 5.97. The van der Waals surface area contributed by atoms with Gasteiger partial charge in [-0.15, -0.1) is 0 Å². The molecule has 1 saturated carbocycles. The second kappa shape index (κ2) is 5.50. The average molecular weight is 236 g/mol. The Morgan fingerprint density at radius 3 is 2.59 bits per heavy atom. The van der Waals surface area contributed by atoms with Crippen molar-refractivity contribution in [3.05, 3.63) is 29.6 Å². The van der Waals surface area contributed by atoms with Crippen LogP contribution in [0.25, 0.3) is 0 Å². The lowest BCUT2D eigenvalue weighted by molar-refractivity contribution is 0.585. The van der Waals surface area contributed by atoms with E-state index in [0.29, 0.717) is 12.6 Å². The first-order valence-corrected chi connectivity index (χ1v) is 6.52. The van der Waals surface area contributed by atoms with Crippen molar-refractivity contribution in [1.82, 2.24) is 5.32 Å². The third-order valence-corrected chi connectivity index (χ3v) is 3.34. The van der Waals surface area contributed by atoms with Gasteiger partial charge in [0.25, 0.3) is 0 Å². The van der Waals surface area contributed by atoms with Crippen LogP contribution in [-0.2, 0) is 6.54 Å². The monoisotopic (exact) mass is 236 g/mol. The Balaban J connectivity index is 2.19. The van der Waals surface area contributed by atoms with Crippen molar-refractivity contribution in [2.75, 3.05) is 18.0 Å². The first kappa shape index (κ1) is 12.4. The van der Waals surface area contributed by atoms with Crippen molar-refractivity contribution in [3.8, 4) is 0 Å². The molecule has 17 heavy (non-hydrogen) atoms. The Hall–Kier alpha value is -1.09. The van der Waals surface area contributed by atoms with Crippen LogP contribution in [-0.4, -0.2) is 19.1 Å². The molecule has 2 rings (SSSR count). The molecule has 1 fully saturated rings. The second-order valence-corrected chi connectivity index (χ2v) is 4.56. The van der Waals surface area contributed by atoms with Gasteiger partial charge in [0.1, 0.15) is 5.82 Å². The zero-order valence-electron chi connectivity index (χ0n) is 10.7. The van der Waals surface area contributed by atoms with Gasteiger partial charge in [-0.2, -0.15) is 0 Å². The van der Waals surface area contributed by atoms with Gasteiger partial charge in [-0.3, -0.25) is 0 Å². The topological polar surface area (TPSA) is 15.3 Å². The van der Waals surface area contributed by atoms with E-state index in [1.807, 2.05) is 6.07 Å². The summed E-state index contributed by atoms with van der Waals surface area (Å²) >= 11 is 0. The molecule has 94 valence electrons. The number of benzene rings is 1. The SMILES string of the molecule is CCN(CC)c1cccc(F)c1CNC1CC1. The Morgan fingerprint density at radius 2 is 2.00 bits per heavy atom. The smallest absolute Gasteiger partial charge is 0.129 e. The molecule has 0 bridgehead atoms. The standard InChI is InChI=1S/C14H21FN2/c1-3-17(4-2)14-7-5-6-13(15)12(14)10-16-11-8-9-11/h5-7,11,16H,3-4,8-10H2,1-2H3. The van der Waals surface area contributed by atoms with E-state index >= 15 is 0 Å². The van der Waals surface area contributed by atoms with Crippen LogP contribution in [0, 0.1) is 5.82 Å². The molecule has 0 heterocycles. The van der Waals surface area contributed by atoms with Crippen LogP contribution < -0.4 is 10.2 Å². The van der Waals surface area contributed by atoms with Crippen molar-refractivity contribution in [3.63, 3.8) is 0 Å². The molecule has 1 aliphatic rings. The fourth-order valence-corrected chi connectivity index (χ4v) is 2.12. The number of hydrogen-bond donors (Lipinski definition) is 1. The van der Waals surface area contributed by atoms with E-state index in [4.69, 9.17) is 0 Å². The highest BCUT2D eigenvalue weighted by Gasteiger charge is 2.21. The molecule has 2 nitrogen and oxygen atoms in total. The summed E-state index contributed by atoms with van der Waals surface area (Å²) in [5.41, 5.74) is 1.84. The molecule has 0 amide bonds. The quantitative estimate of drug-likeness (QED) is 0.817. The fraction of sp³-hybridized carbons (Fsp3) is 0.571. The van der Waals surface area contributed by atoms with Gasteiger partial charge in [0.05, 0.1) is 0 Å². The van der Waals surface area contributed by atoms with Crippen molar-refractivity contribution in [2.24, 2.45) is 0 Å². The normalized spacial score (nSPS) is 15.0.